The summed E-state index contributed by atoms with van der Waals surface area (Å²) < 4.78 is 10.8. The van der Waals surface area contributed by atoms with E-state index in [4.69, 9.17) is 21.1 Å². The van der Waals surface area contributed by atoms with Gasteiger partial charge in [-0.1, -0.05) is 23.7 Å². The molecule has 1 aliphatic rings. The lowest BCUT2D eigenvalue weighted by molar-refractivity contribution is -0.140. The molecular weight excluding hydrogens is 456 g/mol. The van der Waals surface area contributed by atoms with E-state index in [1.807, 2.05) is 6.92 Å². The number of aryl methyl sites for hydroxylation is 1. The summed E-state index contributed by atoms with van der Waals surface area (Å²) in [5.41, 5.74) is 2.36. The van der Waals surface area contributed by atoms with Gasteiger partial charge in [-0.15, -0.1) is 0 Å². The Morgan fingerprint density at radius 3 is 2.50 bits per heavy atom. The van der Waals surface area contributed by atoms with Gasteiger partial charge >= 0.3 is 0 Å². The van der Waals surface area contributed by atoms with Crippen LogP contribution in [0.1, 0.15) is 28.3 Å². The zero-order valence-corrected chi connectivity index (χ0v) is 19.7. The van der Waals surface area contributed by atoms with Crippen LogP contribution in [0.4, 0.5) is 0 Å². The van der Waals surface area contributed by atoms with Crippen LogP contribution in [0.15, 0.2) is 66.5 Å². The molecule has 0 bridgehead atoms. The predicted octanol–water partition coefficient (Wildman–Crippen LogP) is 4.68. The Balaban J connectivity index is 1.94. The average Bonchev–Trinajstić information content (AvgIpc) is 3.08. The van der Waals surface area contributed by atoms with Crippen LogP contribution in [-0.2, 0) is 16.1 Å². The van der Waals surface area contributed by atoms with E-state index in [9.17, 15) is 14.7 Å². The Labute approximate surface area is 202 Å². The fraction of sp³-hybridized carbons (Fsp3) is 0.192. The summed E-state index contributed by atoms with van der Waals surface area (Å²) in [7, 11) is 2.96. The normalized spacial score (nSPS) is 17.2. The van der Waals surface area contributed by atoms with Crippen LogP contribution in [-0.4, -0.2) is 40.9 Å². The van der Waals surface area contributed by atoms with Gasteiger partial charge < -0.3 is 19.5 Å². The monoisotopic (exact) mass is 478 g/mol. The molecule has 3 aromatic rings. The van der Waals surface area contributed by atoms with E-state index in [0.29, 0.717) is 11.3 Å². The maximum absolute atomic E-state index is 13.3. The Hall–Kier alpha value is -3.84. The van der Waals surface area contributed by atoms with Gasteiger partial charge in [-0.2, -0.15) is 0 Å². The number of carbonyl (C=O) groups is 2. The molecular formula is C26H23ClN2O5. The van der Waals surface area contributed by atoms with Gasteiger partial charge in [-0.05, 0) is 60.0 Å². The van der Waals surface area contributed by atoms with Crippen molar-refractivity contribution >= 4 is 29.1 Å². The third-order valence-corrected chi connectivity index (χ3v) is 5.98. The van der Waals surface area contributed by atoms with E-state index in [1.54, 1.807) is 60.9 Å². The Kier molecular flexibility index (Phi) is 6.56. The number of ketones is 1. The molecule has 1 aromatic heterocycles. The molecule has 0 aliphatic carbocycles. The molecule has 7 nitrogen and oxygen atoms in total. The van der Waals surface area contributed by atoms with Crippen molar-refractivity contribution in [1.29, 1.82) is 0 Å². The van der Waals surface area contributed by atoms with Gasteiger partial charge in [0, 0.05) is 18.9 Å². The lowest BCUT2D eigenvalue weighted by Gasteiger charge is -2.26. The number of amides is 1. The van der Waals surface area contributed by atoms with Crippen molar-refractivity contribution in [3.05, 3.63) is 93.8 Å². The number of hydrogen-bond donors (Lipinski definition) is 1. The number of hydrogen-bond acceptors (Lipinski definition) is 6. The number of nitrogens with zero attached hydrogens (tertiary/aromatic N) is 2. The Bertz CT molecular complexity index is 1290. The second-order valence-corrected chi connectivity index (χ2v) is 8.29. The first kappa shape index (κ1) is 23.3. The van der Waals surface area contributed by atoms with Crippen LogP contribution in [0, 0.1) is 6.92 Å². The number of carbonyl (C=O) groups excluding carboxylic acids is 2. The van der Waals surface area contributed by atoms with E-state index >= 15 is 0 Å². The first-order valence-electron chi connectivity index (χ1n) is 10.5. The highest BCUT2D eigenvalue weighted by Crippen LogP contribution is 2.43. The summed E-state index contributed by atoms with van der Waals surface area (Å²) >= 11 is 6.34. The van der Waals surface area contributed by atoms with E-state index < -0.39 is 17.7 Å². The Morgan fingerprint density at radius 1 is 1.09 bits per heavy atom. The number of halogens is 1. The number of likely N-dealkylation sites (tertiary alicyclic amines) is 1. The molecule has 4 rings (SSSR count). The number of aliphatic hydroxyl groups is 1. The lowest BCUT2D eigenvalue weighted by Crippen LogP contribution is -2.29. The van der Waals surface area contributed by atoms with Crippen molar-refractivity contribution in [1.82, 2.24) is 9.88 Å². The third kappa shape index (κ3) is 4.22. The molecule has 1 N–H and O–H groups in total. The Morgan fingerprint density at radius 2 is 1.82 bits per heavy atom. The number of Topliss-reactive ketones (excluding diaryl/α,β-unsaturated/α-hetero) is 1. The molecule has 1 amide bonds. The topological polar surface area (TPSA) is 89.0 Å². The van der Waals surface area contributed by atoms with Crippen LogP contribution >= 0.6 is 11.6 Å². The fourth-order valence-electron chi connectivity index (χ4n) is 4.14. The molecule has 0 radical (unpaired) electrons. The maximum Gasteiger partial charge on any atom is 0.295 e. The first-order valence-corrected chi connectivity index (χ1v) is 10.9. The van der Waals surface area contributed by atoms with Crippen molar-refractivity contribution < 1.29 is 24.2 Å². The number of ether oxygens (including phenoxy) is 2. The van der Waals surface area contributed by atoms with E-state index in [-0.39, 0.29) is 34.2 Å². The van der Waals surface area contributed by atoms with Crippen LogP contribution in [0.2, 0.25) is 5.02 Å². The minimum Gasteiger partial charge on any atom is -0.507 e. The van der Waals surface area contributed by atoms with Gasteiger partial charge in [0.05, 0.1) is 36.4 Å². The SMILES string of the molecule is COc1cccc(C2/C(=C(\O)c3cc(C)cc(Cl)c3OC)C(=O)C(=O)N2Cc2ccncc2)c1. The van der Waals surface area contributed by atoms with Crippen molar-refractivity contribution in [3.8, 4) is 11.5 Å². The summed E-state index contributed by atoms with van der Waals surface area (Å²) in [5, 5.41) is 11.7. The number of methoxy groups -OCH3 is 2. The highest BCUT2D eigenvalue weighted by Gasteiger charge is 2.46. The summed E-state index contributed by atoms with van der Waals surface area (Å²) in [6, 6.07) is 13.1. The number of aliphatic hydroxyl groups excluding tert-OH is 1. The highest BCUT2D eigenvalue weighted by atomic mass is 35.5. The molecule has 8 heteroatoms. The van der Waals surface area contributed by atoms with Crippen LogP contribution in [0.3, 0.4) is 0 Å². The number of rotatable bonds is 6. The summed E-state index contributed by atoms with van der Waals surface area (Å²) in [6.45, 7) is 1.96. The molecule has 1 saturated heterocycles. The summed E-state index contributed by atoms with van der Waals surface area (Å²) in [4.78, 5) is 32.0. The largest absolute Gasteiger partial charge is 0.507 e. The maximum atomic E-state index is 13.3. The zero-order valence-electron chi connectivity index (χ0n) is 18.9. The van der Waals surface area contributed by atoms with Crippen LogP contribution < -0.4 is 9.47 Å². The number of pyridine rings is 1. The van der Waals surface area contributed by atoms with Crippen molar-refractivity contribution in [2.45, 2.75) is 19.5 Å². The van der Waals surface area contributed by atoms with E-state index in [2.05, 4.69) is 4.98 Å². The molecule has 2 aromatic carbocycles. The lowest BCUT2D eigenvalue weighted by atomic mass is 9.94. The van der Waals surface area contributed by atoms with Gasteiger partial charge in [0.2, 0.25) is 0 Å². The molecule has 1 atom stereocenters. The van der Waals surface area contributed by atoms with Crippen LogP contribution in [0.5, 0.6) is 11.5 Å². The van der Waals surface area contributed by atoms with Gasteiger partial charge in [0.25, 0.3) is 11.7 Å². The standard InChI is InChI=1S/C26H23ClN2O5/c1-15-11-19(25(34-3)20(27)12-15)23(30)21-22(17-5-4-6-18(13-17)33-2)29(26(32)24(21)31)14-16-7-9-28-10-8-16/h4-13,22,30H,14H2,1-3H3/b23-21+. The second kappa shape index (κ2) is 9.57. The molecule has 2 heterocycles. The molecule has 1 unspecified atom stereocenters. The van der Waals surface area contributed by atoms with Gasteiger partial charge in [0.1, 0.15) is 17.3 Å². The quantitative estimate of drug-likeness (QED) is 0.314. The smallest absolute Gasteiger partial charge is 0.295 e. The third-order valence-electron chi connectivity index (χ3n) is 5.70. The predicted molar refractivity (Wildman–Crippen MR) is 128 cm³/mol. The van der Waals surface area contributed by atoms with Gasteiger partial charge in [0.15, 0.2) is 0 Å². The van der Waals surface area contributed by atoms with Gasteiger partial charge in [-0.3, -0.25) is 14.6 Å². The first-order chi connectivity index (χ1) is 16.3. The minimum absolute atomic E-state index is 0.0488. The summed E-state index contributed by atoms with van der Waals surface area (Å²) in [5.74, 6) is -1.09. The zero-order chi connectivity index (χ0) is 24.4. The van der Waals surface area contributed by atoms with E-state index in [0.717, 1.165) is 11.1 Å². The highest BCUT2D eigenvalue weighted by molar-refractivity contribution is 6.46. The molecule has 0 saturated carbocycles. The van der Waals surface area contributed by atoms with Crippen molar-refractivity contribution in [3.63, 3.8) is 0 Å². The average molecular weight is 479 g/mol. The van der Waals surface area contributed by atoms with Crippen molar-refractivity contribution in [2.24, 2.45) is 0 Å². The fourth-order valence-corrected chi connectivity index (χ4v) is 4.49. The molecule has 0 spiro atoms. The second-order valence-electron chi connectivity index (χ2n) is 7.89. The van der Waals surface area contributed by atoms with Crippen molar-refractivity contribution in [2.75, 3.05) is 14.2 Å². The summed E-state index contributed by atoms with van der Waals surface area (Å²) in [6.07, 6.45) is 3.23. The molecule has 34 heavy (non-hydrogen) atoms. The number of aromatic nitrogens is 1. The van der Waals surface area contributed by atoms with Crippen LogP contribution in [0.25, 0.3) is 5.76 Å². The minimum atomic E-state index is -0.854. The molecule has 174 valence electrons. The van der Waals surface area contributed by atoms with E-state index in [1.165, 1.54) is 19.1 Å². The van der Waals surface area contributed by atoms with Gasteiger partial charge in [-0.25, -0.2) is 0 Å². The molecule has 1 aliphatic heterocycles. The number of benzene rings is 2. The molecule has 1 fully saturated rings.